The zero-order chi connectivity index (χ0) is 18.6. The lowest BCUT2D eigenvalue weighted by Crippen LogP contribution is -2.49. The van der Waals surface area contributed by atoms with Crippen molar-refractivity contribution < 1.29 is 14.3 Å². The second kappa shape index (κ2) is 8.01. The van der Waals surface area contributed by atoms with Crippen molar-refractivity contribution in [2.24, 2.45) is 0 Å². The maximum Gasteiger partial charge on any atom is 0.410 e. The monoisotopic (exact) mass is 364 g/mol. The molecule has 2 aliphatic heterocycles. The minimum atomic E-state index is -0.414. The number of carbonyl (C=O) groups is 2. The minimum absolute atomic E-state index is 0.147. The topological polar surface area (TPSA) is 93.5 Å². The quantitative estimate of drug-likeness (QED) is 0.727. The molecule has 2 amide bonds. The Hall–Kier alpha value is -2.19. The SMILES string of the molecule is CCC[C@@H](C)N1CC2(CCN(C(=O)CCCn3cnnn3)CC2)OC1=O. The van der Waals surface area contributed by atoms with Gasteiger partial charge in [-0.1, -0.05) is 13.3 Å². The van der Waals surface area contributed by atoms with E-state index in [0.29, 0.717) is 51.9 Å². The standard InChI is InChI=1S/C17H28N6O3/c1-3-5-14(2)23-12-17(26-16(23)25)7-10-21(11-8-17)15(24)6-4-9-22-13-18-19-20-22/h13-14H,3-12H2,1-2H3/t14-/m1/s1. The molecule has 2 saturated heterocycles. The predicted octanol–water partition coefficient (Wildman–Crippen LogP) is 1.46. The lowest BCUT2D eigenvalue weighted by atomic mass is 9.90. The Bertz CT molecular complexity index is 612. The number of aromatic nitrogens is 4. The molecular weight excluding hydrogens is 336 g/mol. The zero-order valence-corrected chi connectivity index (χ0v) is 15.6. The number of hydrogen-bond donors (Lipinski definition) is 0. The molecule has 9 heteroatoms. The highest BCUT2D eigenvalue weighted by Gasteiger charge is 2.48. The summed E-state index contributed by atoms with van der Waals surface area (Å²) in [7, 11) is 0. The van der Waals surface area contributed by atoms with Gasteiger partial charge >= 0.3 is 6.09 Å². The molecule has 1 spiro atoms. The van der Waals surface area contributed by atoms with Crippen LogP contribution in [0.25, 0.3) is 0 Å². The molecule has 0 unspecified atom stereocenters. The van der Waals surface area contributed by atoms with Gasteiger partial charge in [-0.25, -0.2) is 9.48 Å². The van der Waals surface area contributed by atoms with Crippen LogP contribution in [0.15, 0.2) is 6.33 Å². The summed E-state index contributed by atoms with van der Waals surface area (Å²) in [6, 6.07) is 0.206. The van der Waals surface area contributed by atoms with Crippen LogP contribution < -0.4 is 0 Å². The number of rotatable bonds is 7. The third-order valence-electron chi connectivity index (χ3n) is 5.43. The number of tetrazole rings is 1. The van der Waals surface area contributed by atoms with Crippen molar-refractivity contribution >= 4 is 12.0 Å². The average Bonchev–Trinajstić information content (AvgIpc) is 3.24. The lowest BCUT2D eigenvalue weighted by molar-refractivity contribution is -0.134. The van der Waals surface area contributed by atoms with E-state index < -0.39 is 5.60 Å². The Balaban J connectivity index is 1.45. The number of likely N-dealkylation sites (tertiary alicyclic amines) is 1. The van der Waals surface area contributed by atoms with E-state index >= 15 is 0 Å². The van der Waals surface area contributed by atoms with Gasteiger partial charge in [-0.15, -0.1) is 5.10 Å². The van der Waals surface area contributed by atoms with Crippen LogP contribution in [0.3, 0.4) is 0 Å². The van der Waals surface area contributed by atoms with E-state index in [4.69, 9.17) is 4.74 Å². The first-order chi connectivity index (χ1) is 12.5. The first-order valence-corrected chi connectivity index (χ1v) is 9.51. The summed E-state index contributed by atoms with van der Waals surface area (Å²) < 4.78 is 7.38. The van der Waals surface area contributed by atoms with E-state index in [2.05, 4.69) is 29.4 Å². The fourth-order valence-corrected chi connectivity index (χ4v) is 3.82. The van der Waals surface area contributed by atoms with Crippen LogP contribution in [0.1, 0.15) is 52.4 Å². The van der Waals surface area contributed by atoms with Crippen molar-refractivity contribution in [1.82, 2.24) is 30.0 Å². The number of nitrogens with zero attached hydrogens (tertiary/aromatic N) is 6. The third kappa shape index (κ3) is 4.13. The fourth-order valence-electron chi connectivity index (χ4n) is 3.82. The van der Waals surface area contributed by atoms with Gasteiger partial charge in [0, 0.05) is 44.9 Å². The Morgan fingerprint density at radius 1 is 1.38 bits per heavy atom. The van der Waals surface area contributed by atoms with Crippen LogP contribution in [0, 0.1) is 0 Å². The largest absolute Gasteiger partial charge is 0.441 e. The van der Waals surface area contributed by atoms with Crippen LogP contribution in [0.5, 0.6) is 0 Å². The van der Waals surface area contributed by atoms with Gasteiger partial charge in [0.2, 0.25) is 5.91 Å². The van der Waals surface area contributed by atoms with Crippen molar-refractivity contribution in [2.45, 2.75) is 70.6 Å². The van der Waals surface area contributed by atoms with Crippen LogP contribution in [0.4, 0.5) is 4.79 Å². The summed E-state index contributed by atoms with van der Waals surface area (Å²) >= 11 is 0. The highest BCUT2D eigenvalue weighted by molar-refractivity contribution is 5.76. The van der Waals surface area contributed by atoms with Gasteiger partial charge in [-0.3, -0.25) is 4.79 Å². The molecule has 26 heavy (non-hydrogen) atoms. The molecule has 0 bridgehead atoms. The van der Waals surface area contributed by atoms with Crippen LogP contribution >= 0.6 is 0 Å². The molecule has 2 fully saturated rings. The second-order valence-electron chi connectivity index (χ2n) is 7.37. The van der Waals surface area contributed by atoms with E-state index in [1.54, 1.807) is 11.0 Å². The van der Waals surface area contributed by atoms with Crippen molar-refractivity contribution in [1.29, 1.82) is 0 Å². The Morgan fingerprint density at radius 3 is 2.81 bits per heavy atom. The van der Waals surface area contributed by atoms with Gasteiger partial charge in [0.15, 0.2) is 0 Å². The molecule has 3 heterocycles. The van der Waals surface area contributed by atoms with Gasteiger partial charge in [-0.05, 0) is 30.2 Å². The maximum atomic E-state index is 12.4. The molecule has 9 nitrogen and oxygen atoms in total. The summed E-state index contributed by atoms with van der Waals surface area (Å²) in [5.74, 6) is 0.147. The fraction of sp³-hybridized carbons (Fsp3) is 0.824. The molecular formula is C17H28N6O3. The molecule has 2 aliphatic rings. The van der Waals surface area contributed by atoms with E-state index in [1.165, 1.54) is 0 Å². The number of piperidine rings is 1. The van der Waals surface area contributed by atoms with Crippen molar-refractivity contribution in [3.63, 3.8) is 0 Å². The second-order valence-corrected chi connectivity index (χ2v) is 7.37. The molecule has 144 valence electrons. The molecule has 0 radical (unpaired) electrons. The van der Waals surface area contributed by atoms with Gasteiger partial charge in [0.25, 0.3) is 0 Å². The predicted molar refractivity (Wildman–Crippen MR) is 93.2 cm³/mol. The van der Waals surface area contributed by atoms with Crippen LogP contribution in [0.2, 0.25) is 0 Å². The molecule has 0 saturated carbocycles. The van der Waals surface area contributed by atoms with Crippen LogP contribution in [-0.2, 0) is 16.1 Å². The molecule has 1 aromatic heterocycles. The molecule has 1 atom stereocenters. The summed E-state index contributed by atoms with van der Waals surface area (Å²) in [6.07, 6.45) is 6.00. The number of aryl methyl sites for hydroxylation is 1. The Labute approximate surface area is 153 Å². The van der Waals surface area contributed by atoms with Gasteiger partial charge in [0.05, 0.1) is 6.54 Å². The van der Waals surface area contributed by atoms with Crippen molar-refractivity contribution in [3.05, 3.63) is 6.33 Å². The number of amides is 2. The minimum Gasteiger partial charge on any atom is -0.441 e. The molecule has 0 N–H and O–H groups in total. The molecule has 1 aromatic rings. The van der Waals surface area contributed by atoms with E-state index in [9.17, 15) is 9.59 Å². The van der Waals surface area contributed by atoms with Crippen LogP contribution in [-0.4, -0.2) is 73.3 Å². The van der Waals surface area contributed by atoms with Crippen molar-refractivity contribution in [3.8, 4) is 0 Å². The highest BCUT2D eigenvalue weighted by atomic mass is 16.6. The summed E-state index contributed by atoms with van der Waals surface area (Å²) in [5.41, 5.74) is -0.414. The van der Waals surface area contributed by atoms with E-state index in [1.807, 2.05) is 9.80 Å². The number of hydrogen-bond acceptors (Lipinski definition) is 6. The normalized spacial score (nSPS) is 20.5. The number of carbonyl (C=O) groups excluding carboxylic acids is 2. The summed E-state index contributed by atoms with van der Waals surface area (Å²) in [4.78, 5) is 28.4. The molecule has 0 aliphatic carbocycles. The first-order valence-electron chi connectivity index (χ1n) is 9.51. The van der Waals surface area contributed by atoms with Gasteiger partial charge in [0.1, 0.15) is 11.9 Å². The van der Waals surface area contributed by atoms with Gasteiger partial charge < -0.3 is 14.5 Å². The maximum absolute atomic E-state index is 12.4. The molecule has 0 aromatic carbocycles. The van der Waals surface area contributed by atoms with E-state index in [-0.39, 0.29) is 18.0 Å². The highest BCUT2D eigenvalue weighted by Crippen LogP contribution is 2.34. The smallest absolute Gasteiger partial charge is 0.410 e. The number of ether oxygens (including phenoxy) is 1. The Morgan fingerprint density at radius 2 is 2.15 bits per heavy atom. The van der Waals surface area contributed by atoms with E-state index in [0.717, 1.165) is 12.8 Å². The van der Waals surface area contributed by atoms with Crippen molar-refractivity contribution in [2.75, 3.05) is 19.6 Å². The lowest BCUT2D eigenvalue weighted by Gasteiger charge is -2.37. The van der Waals surface area contributed by atoms with Gasteiger partial charge in [-0.2, -0.15) is 0 Å². The summed E-state index contributed by atoms with van der Waals surface area (Å²) in [5, 5.41) is 10.9. The summed E-state index contributed by atoms with van der Waals surface area (Å²) in [6.45, 7) is 6.77. The third-order valence-corrected chi connectivity index (χ3v) is 5.43. The molecule has 3 rings (SSSR count). The Kier molecular flexibility index (Phi) is 5.73. The average molecular weight is 364 g/mol. The zero-order valence-electron chi connectivity index (χ0n) is 15.6. The first kappa shape index (κ1) is 18.6.